The van der Waals surface area contributed by atoms with E-state index >= 15 is 0 Å². The molecule has 10 nitrogen and oxygen atoms in total. The van der Waals surface area contributed by atoms with E-state index < -0.39 is 17.2 Å². The molecule has 26 heavy (non-hydrogen) atoms. The van der Waals surface area contributed by atoms with E-state index in [1.165, 1.54) is 7.11 Å². The summed E-state index contributed by atoms with van der Waals surface area (Å²) in [5.74, 6) is 5.69. The van der Waals surface area contributed by atoms with E-state index in [-0.39, 0.29) is 24.3 Å². The maximum Gasteiger partial charge on any atom is 0.330 e. The van der Waals surface area contributed by atoms with Gasteiger partial charge in [0.25, 0.3) is 5.56 Å². The Morgan fingerprint density at radius 3 is 2.65 bits per heavy atom. The van der Waals surface area contributed by atoms with Gasteiger partial charge in [0.05, 0.1) is 13.7 Å². The number of H-pyrrole nitrogens is 1. The number of nitrogens with zero attached hydrogens (tertiary/aromatic N) is 4. The number of ether oxygens (including phenoxy) is 1. The lowest BCUT2D eigenvalue weighted by atomic mass is 10.4. The molecular weight excluding hydrogens is 340 g/mol. The monoisotopic (exact) mass is 360 g/mol. The van der Waals surface area contributed by atoms with E-state index in [9.17, 15) is 14.4 Å². The smallest absolute Gasteiger partial charge is 0.330 e. The molecule has 1 fully saturated rings. The highest BCUT2D eigenvalue weighted by Crippen LogP contribution is 2.20. The Hall–Kier alpha value is -3.06. The lowest BCUT2D eigenvalue weighted by Gasteiger charge is -2.28. The zero-order valence-corrected chi connectivity index (χ0v) is 14.7. The van der Waals surface area contributed by atoms with Crippen LogP contribution < -0.4 is 21.5 Å². The Morgan fingerprint density at radius 1 is 1.27 bits per heavy atom. The molecule has 0 amide bonds. The molecule has 0 atom stereocenters. The molecule has 138 valence electrons. The first-order valence-corrected chi connectivity index (χ1v) is 8.22. The maximum atomic E-state index is 12.5. The third-order valence-corrected chi connectivity index (χ3v) is 4.19. The van der Waals surface area contributed by atoms with E-state index in [4.69, 9.17) is 0 Å². The van der Waals surface area contributed by atoms with Crippen LogP contribution in [0.4, 0.5) is 5.95 Å². The van der Waals surface area contributed by atoms with Gasteiger partial charge in [-0.2, -0.15) is 4.98 Å². The van der Waals surface area contributed by atoms with Gasteiger partial charge < -0.3 is 15.0 Å². The number of imidazole rings is 1. The van der Waals surface area contributed by atoms with Crippen molar-refractivity contribution in [2.75, 3.05) is 38.2 Å². The number of aromatic nitrogens is 4. The van der Waals surface area contributed by atoms with Crippen molar-refractivity contribution in [1.82, 2.24) is 24.4 Å². The number of nitrogens with one attached hydrogen (secondary N) is 2. The van der Waals surface area contributed by atoms with Crippen molar-refractivity contribution in [3.05, 3.63) is 20.8 Å². The van der Waals surface area contributed by atoms with Crippen LogP contribution in [-0.2, 0) is 22.6 Å². The van der Waals surface area contributed by atoms with Crippen molar-refractivity contribution in [2.24, 2.45) is 0 Å². The Morgan fingerprint density at radius 2 is 2.00 bits per heavy atom. The molecule has 0 bridgehead atoms. The highest BCUT2D eigenvalue weighted by Gasteiger charge is 2.23. The zero-order chi connectivity index (χ0) is 18.7. The number of rotatable bonds is 4. The third-order valence-electron chi connectivity index (χ3n) is 4.19. The van der Waals surface area contributed by atoms with Gasteiger partial charge in [-0.1, -0.05) is 5.92 Å². The van der Waals surface area contributed by atoms with Crippen molar-refractivity contribution < 1.29 is 9.53 Å². The molecule has 2 aromatic heterocycles. The first-order chi connectivity index (χ1) is 12.6. The fourth-order valence-electron chi connectivity index (χ4n) is 2.92. The first kappa shape index (κ1) is 17.8. The predicted molar refractivity (Wildman–Crippen MR) is 95.2 cm³/mol. The predicted octanol–water partition coefficient (Wildman–Crippen LogP) is -1.51. The average molecular weight is 360 g/mol. The molecule has 0 aliphatic carbocycles. The Bertz CT molecular complexity index is 1000. The van der Waals surface area contributed by atoms with Gasteiger partial charge in [-0.25, -0.2) is 4.79 Å². The molecular formula is C16H20N6O4. The average Bonchev–Trinajstić information content (AvgIpc) is 3.03. The van der Waals surface area contributed by atoms with Crippen LogP contribution in [0.25, 0.3) is 11.2 Å². The van der Waals surface area contributed by atoms with Gasteiger partial charge in [-0.05, 0) is 6.92 Å². The quantitative estimate of drug-likeness (QED) is 0.503. The number of piperazine rings is 1. The van der Waals surface area contributed by atoms with Crippen molar-refractivity contribution in [3.8, 4) is 11.8 Å². The molecule has 2 aromatic rings. The van der Waals surface area contributed by atoms with Gasteiger partial charge in [-0.3, -0.25) is 23.7 Å². The molecule has 3 rings (SSSR count). The standard InChI is InChI=1S/C16H20N6O4/c1-3-4-7-21-12-13(18-15(21)20-8-5-17-6-9-20)22(10-11(23)26-2)16(25)19-14(12)24/h17H,5-10H2,1-2H3,(H,19,24,25). The Labute approximate surface area is 148 Å². The number of hydrogen-bond acceptors (Lipinski definition) is 7. The summed E-state index contributed by atoms with van der Waals surface area (Å²) in [7, 11) is 1.23. The molecule has 0 spiro atoms. The molecule has 0 unspecified atom stereocenters. The summed E-state index contributed by atoms with van der Waals surface area (Å²) in [6, 6.07) is 0. The van der Waals surface area contributed by atoms with Gasteiger partial charge in [0.1, 0.15) is 6.54 Å². The SMILES string of the molecule is CC#CCn1c(N2CCNCC2)nc2c1c(=O)[nH]c(=O)n2CC(=O)OC. The number of carbonyl (C=O) groups excluding carboxylic acids is 1. The van der Waals surface area contributed by atoms with Crippen LogP contribution in [0.2, 0.25) is 0 Å². The summed E-state index contributed by atoms with van der Waals surface area (Å²) in [6.07, 6.45) is 0. The second-order valence-electron chi connectivity index (χ2n) is 5.76. The van der Waals surface area contributed by atoms with Gasteiger partial charge >= 0.3 is 11.7 Å². The van der Waals surface area contributed by atoms with E-state index in [1.807, 2.05) is 4.90 Å². The van der Waals surface area contributed by atoms with Crippen LogP contribution in [0.1, 0.15) is 6.92 Å². The van der Waals surface area contributed by atoms with Crippen LogP contribution >= 0.6 is 0 Å². The minimum absolute atomic E-state index is 0.149. The Balaban J connectivity index is 2.25. The zero-order valence-electron chi connectivity index (χ0n) is 14.7. The summed E-state index contributed by atoms with van der Waals surface area (Å²) in [6.45, 7) is 4.62. The van der Waals surface area contributed by atoms with Crippen molar-refractivity contribution >= 4 is 23.1 Å². The topological polar surface area (TPSA) is 114 Å². The number of hydrogen-bond donors (Lipinski definition) is 2. The first-order valence-electron chi connectivity index (χ1n) is 8.22. The van der Waals surface area contributed by atoms with Crippen molar-refractivity contribution in [1.29, 1.82) is 0 Å². The second kappa shape index (κ2) is 7.45. The minimum atomic E-state index is -0.703. The number of anilines is 1. The van der Waals surface area contributed by atoms with E-state index in [2.05, 4.69) is 31.9 Å². The van der Waals surface area contributed by atoms with Crippen LogP contribution in [0.15, 0.2) is 9.59 Å². The molecule has 1 aliphatic heterocycles. The third kappa shape index (κ3) is 3.21. The molecule has 10 heteroatoms. The van der Waals surface area contributed by atoms with E-state index in [1.54, 1.807) is 11.5 Å². The lowest BCUT2D eigenvalue weighted by molar-refractivity contribution is -0.141. The second-order valence-corrected chi connectivity index (χ2v) is 5.76. The summed E-state index contributed by atoms with van der Waals surface area (Å²) in [5, 5.41) is 3.26. The van der Waals surface area contributed by atoms with Crippen molar-refractivity contribution in [3.63, 3.8) is 0 Å². The molecule has 0 saturated carbocycles. The van der Waals surface area contributed by atoms with Crippen LogP contribution in [0, 0.1) is 11.8 Å². The molecule has 0 aromatic carbocycles. The summed E-state index contributed by atoms with van der Waals surface area (Å²) in [5.41, 5.74) is -0.899. The summed E-state index contributed by atoms with van der Waals surface area (Å²) in [4.78, 5) is 45.2. The van der Waals surface area contributed by atoms with E-state index in [0.29, 0.717) is 19.0 Å². The van der Waals surface area contributed by atoms with Gasteiger partial charge in [0.15, 0.2) is 11.2 Å². The minimum Gasteiger partial charge on any atom is -0.468 e. The fourth-order valence-corrected chi connectivity index (χ4v) is 2.92. The number of aromatic amines is 1. The number of fused-ring (bicyclic) bond motifs is 1. The highest BCUT2D eigenvalue weighted by atomic mass is 16.5. The van der Waals surface area contributed by atoms with Crippen LogP contribution in [0.3, 0.4) is 0 Å². The molecule has 2 N–H and O–H groups in total. The van der Waals surface area contributed by atoms with Crippen molar-refractivity contribution in [2.45, 2.75) is 20.0 Å². The molecule has 1 saturated heterocycles. The maximum absolute atomic E-state index is 12.5. The summed E-state index contributed by atoms with van der Waals surface area (Å²) >= 11 is 0. The number of methoxy groups -OCH3 is 1. The van der Waals surface area contributed by atoms with Gasteiger partial charge in [0.2, 0.25) is 5.95 Å². The van der Waals surface area contributed by atoms with E-state index in [0.717, 1.165) is 17.7 Å². The number of carbonyl (C=O) groups is 1. The molecule has 3 heterocycles. The van der Waals surface area contributed by atoms with Crippen LogP contribution in [-0.4, -0.2) is 58.4 Å². The van der Waals surface area contributed by atoms with Crippen LogP contribution in [0.5, 0.6) is 0 Å². The largest absolute Gasteiger partial charge is 0.468 e. The molecule has 1 aliphatic rings. The lowest BCUT2D eigenvalue weighted by Crippen LogP contribution is -2.44. The number of esters is 1. The highest BCUT2D eigenvalue weighted by molar-refractivity contribution is 5.77. The Kier molecular flexibility index (Phi) is 5.09. The normalized spacial score (nSPS) is 14.2. The fraction of sp³-hybridized carbons (Fsp3) is 0.500. The van der Waals surface area contributed by atoms with Gasteiger partial charge in [-0.15, -0.1) is 5.92 Å². The summed E-state index contributed by atoms with van der Waals surface area (Å²) < 4.78 is 7.44. The molecule has 0 radical (unpaired) electrons. The van der Waals surface area contributed by atoms with Gasteiger partial charge in [0, 0.05) is 26.2 Å².